The monoisotopic (exact) mass is 396 g/mol. The van der Waals surface area contributed by atoms with Gasteiger partial charge in [0.05, 0.1) is 18.7 Å². The van der Waals surface area contributed by atoms with E-state index in [-0.39, 0.29) is 0 Å². The van der Waals surface area contributed by atoms with Crippen molar-refractivity contribution in [2.24, 2.45) is 0 Å². The average molecular weight is 396 g/mol. The number of nitrogens with zero attached hydrogens (tertiary/aromatic N) is 2. The highest BCUT2D eigenvalue weighted by molar-refractivity contribution is 5.82. The Morgan fingerprint density at radius 3 is 2.66 bits per heavy atom. The minimum absolute atomic E-state index is 0.395. The summed E-state index contributed by atoms with van der Waals surface area (Å²) in [6, 6.07) is 12.1. The number of ether oxygens (including phenoxy) is 1. The first-order valence-corrected chi connectivity index (χ1v) is 10.0. The van der Waals surface area contributed by atoms with Gasteiger partial charge in [-0.15, -0.1) is 0 Å². The van der Waals surface area contributed by atoms with Crippen molar-refractivity contribution in [1.82, 2.24) is 9.88 Å². The lowest BCUT2D eigenvalue weighted by atomic mass is 9.73. The lowest BCUT2D eigenvalue weighted by molar-refractivity contribution is 0.0395. The zero-order chi connectivity index (χ0) is 20.4. The van der Waals surface area contributed by atoms with Gasteiger partial charge in [0.1, 0.15) is 11.6 Å². The third kappa shape index (κ3) is 4.16. The highest BCUT2D eigenvalue weighted by Crippen LogP contribution is 2.37. The summed E-state index contributed by atoms with van der Waals surface area (Å²) in [5.41, 5.74) is 3.23. The second-order valence-corrected chi connectivity index (χ2v) is 8.20. The molecule has 4 rings (SSSR count). The second-order valence-electron chi connectivity index (χ2n) is 8.20. The van der Waals surface area contributed by atoms with Crippen LogP contribution in [0.5, 0.6) is 0 Å². The first-order chi connectivity index (χ1) is 14.0. The Bertz CT molecular complexity index is 1010. The number of aryl methyl sites for hydroxylation is 1. The molecule has 0 atom stereocenters. The van der Waals surface area contributed by atoms with Crippen molar-refractivity contribution in [2.75, 3.05) is 26.7 Å². The fourth-order valence-corrected chi connectivity index (χ4v) is 4.36. The van der Waals surface area contributed by atoms with Crippen LogP contribution in [0.3, 0.4) is 0 Å². The van der Waals surface area contributed by atoms with E-state index in [1.807, 2.05) is 12.1 Å². The molecule has 0 spiro atoms. The van der Waals surface area contributed by atoms with Gasteiger partial charge in [-0.3, -0.25) is 4.98 Å². The lowest BCUT2D eigenvalue weighted by Gasteiger charge is -2.41. The summed E-state index contributed by atoms with van der Waals surface area (Å²) >= 11 is 0. The Morgan fingerprint density at radius 2 is 1.90 bits per heavy atom. The SMILES string of the molecule is Cc1cc(COCC2(c3ccc(F)cc3F)CCN(C)CC2)c2ncccc2c1. The highest BCUT2D eigenvalue weighted by atomic mass is 19.1. The summed E-state index contributed by atoms with van der Waals surface area (Å²) in [6.45, 7) is 4.58. The van der Waals surface area contributed by atoms with Crippen LogP contribution in [0.2, 0.25) is 0 Å². The Balaban J connectivity index is 1.58. The number of piperidine rings is 1. The normalized spacial score (nSPS) is 17.0. The average Bonchev–Trinajstić information content (AvgIpc) is 2.69. The third-order valence-corrected chi connectivity index (χ3v) is 6.01. The predicted octanol–water partition coefficient (Wildman–Crippen LogP) is 5.00. The van der Waals surface area contributed by atoms with Crippen LogP contribution in [0.15, 0.2) is 48.7 Å². The maximum absolute atomic E-state index is 14.7. The molecule has 5 heteroatoms. The van der Waals surface area contributed by atoms with Crippen LogP contribution in [-0.2, 0) is 16.8 Å². The van der Waals surface area contributed by atoms with E-state index >= 15 is 0 Å². The van der Waals surface area contributed by atoms with E-state index in [1.165, 1.54) is 6.07 Å². The summed E-state index contributed by atoms with van der Waals surface area (Å²) < 4.78 is 34.3. The van der Waals surface area contributed by atoms with E-state index in [1.54, 1.807) is 12.3 Å². The number of hydrogen-bond acceptors (Lipinski definition) is 3. The molecule has 1 aromatic heterocycles. The Morgan fingerprint density at radius 1 is 1.10 bits per heavy atom. The zero-order valence-corrected chi connectivity index (χ0v) is 16.9. The maximum atomic E-state index is 14.7. The lowest BCUT2D eigenvalue weighted by Crippen LogP contribution is -2.44. The number of rotatable bonds is 5. The van der Waals surface area contributed by atoms with Gasteiger partial charge in [0.2, 0.25) is 0 Å². The van der Waals surface area contributed by atoms with Gasteiger partial charge in [0.15, 0.2) is 0 Å². The molecule has 2 heterocycles. The number of halogens is 2. The summed E-state index contributed by atoms with van der Waals surface area (Å²) in [7, 11) is 2.07. The van der Waals surface area contributed by atoms with Crippen LogP contribution in [0.4, 0.5) is 8.78 Å². The second kappa shape index (κ2) is 8.17. The molecule has 3 nitrogen and oxygen atoms in total. The minimum Gasteiger partial charge on any atom is -0.376 e. The molecule has 0 aliphatic carbocycles. The topological polar surface area (TPSA) is 25.4 Å². The molecular weight excluding hydrogens is 370 g/mol. The van der Waals surface area contributed by atoms with Gasteiger partial charge in [0.25, 0.3) is 0 Å². The molecule has 0 bridgehead atoms. The molecule has 0 amide bonds. The van der Waals surface area contributed by atoms with Gasteiger partial charge < -0.3 is 9.64 Å². The van der Waals surface area contributed by atoms with E-state index in [0.717, 1.165) is 54.0 Å². The van der Waals surface area contributed by atoms with Crippen molar-refractivity contribution < 1.29 is 13.5 Å². The molecule has 0 radical (unpaired) electrons. The minimum atomic E-state index is -0.549. The largest absolute Gasteiger partial charge is 0.376 e. The van der Waals surface area contributed by atoms with Crippen LogP contribution < -0.4 is 0 Å². The number of hydrogen-bond donors (Lipinski definition) is 0. The molecule has 0 unspecified atom stereocenters. The Hall–Kier alpha value is -2.37. The predicted molar refractivity (Wildman–Crippen MR) is 111 cm³/mol. The van der Waals surface area contributed by atoms with Crippen LogP contribution in [-0.4, -0.2) is 36.6 Å². The number of pyridine rings is 1. The van der Waals surface area contributed by atoms with Crippen LogP contribution in [0.25, 0.3) is 10.9 Å². The summed E-state index contributed by atoms with van der Waals surface area (Å²) in [6.07, 6.45) is 3.34. The number of likely N-dealkylation sites (tertiary alicyclic amines) is 1. The molecule has 1 aliphatic heterocycles. The van der Waals surface area contributed by atoms with Crippen molar-refractivity contribution in [3.05, 3.63) is 77.0 Å². The van der Waals surface area contributed by atoms with Crippen molar-refractivity contribution in [3.8, 4) is 0 Å². The van der Waals surface area contributed by atoms with Crippen molar-refractivity contribution in [3.63, 3.8) is 0 Å². The van der Waals surface area contributed by atoms with E-state index in [4.69, 9.17) is 4.74 Å². The molecule has 0 saturated carbocycles. The van der Waals surface area contributed by atoms with Gasteiger partial charge in [-0.1, -0.05) is 23.8 Å². The van der Waals surface area contributed by atoms with E-state index in [9.17, 15) is 8.78 Å². The van der Waals surface area contributed by atoms with Crippen molar-refractivity contribution >= 4 is 10.9 Å². The highest BCUT2D eigenvalue weighted by Gasteiger charge is 2.38. The van der Waals surface area contributed by atoms with Crippen LogP contribution in [0.1, 0.15) is 29.5 Å². The molecule has 1 saturated heterocycles. The first kappa shape index (κ1) is 19.9. The number of fused-ring (bicyclic) bond motifs is 1. The number of benzene rings is 2. The quantitative estimate of drug-likeness (QED) is 0.607. The standard InChI is InChI=1S/C24H26F2N2O/c1-17-12-18-4-3-9-27-23(18)19(13-17)15-29-16-24(7-10-28(2)11-8-24)21-6-5-20(25)14-22(21)26/h3-6,9,12-14H,7-8,10-11,15-16H2,1-2H3. The van der Waals surface area contributed by atoms with Crippen molar-refractivity contribution in [1.29, 1.82) is 0 Å². The van der Waals surface area contributed by atoms with Gasteiger partial charge >= 0.3 is 0 Å². The fraction of sp³-hybridized carbons (Fsp3) is 0.375. The maximum Gasteiger partial charge on any atom is 0.129 e. The molecule has 152 valence electrons. The molecule has 3 aromatic rings. The van der Waals surface area contributed by atoms with Gasteiger partial charge in [0, 0.05) is 28.6 Å². The Kier molecular flexibility index (Phi) is 5.61. The molecular formula is C24H26F2N2O. The van der Waals surface area contributed by atoms with Crippen molar-refractivity contribution in [2.45, 2.75) is 31.8 Å². The van der Waals surface area contributed by atoms with Gasteiger partial charge in [-0.05, 0) is 63.7 Å². The van der Waals surface area contributed by atoms with Gasteiger partial charge in [-0.2, -0.15) is 0 Å². The summed E-state index contributed by atoms with van der Waals surface area (Å²) in [5.74, 6) is -1.03. The van der Waals surface area contributed by atoms with E-state index in [0.29, 0.717) is 18.8 Å². The summed E-state index contributed by atoms with van der Waals surface area (Å²) in [4.78, 5) is 6.74. The smallest absolute Gasteiger partial charge is 0.129 e. The van der Waals surface area contributed by atoms with Crippen LogP contribution in [0, 0.1) is 18.6 Å². The van der Waals surface area contributed by atoms with Crippen LogP contribution >= 0.6 is 0 Å². The van der Waals surface area contributed by atoms with Gasteiger partial charge in [-0.25, -0.2) is 8.78 Å². The molecule has 1 fully saturated rings. The Labute approximate surface area is 170 Å². The molecule has 2 aromatic carbocycles. The molecule has 1 aliphatic rings. The molecule has 0 N–H and O–H groups in total. The third-order valence-electron chi connectivity index (χ3n) is 6.01. The van der Waals surface area contributed by atoms with E-state index < -0.39 is 17.0 Å². The zero-order valence-electron chi connectivity index (χ0n) is 16.9. The number of aromatic nitrogens is 1. The summed E-state index contributed by atoms with van der Waals surface area (Å²) in [5, 5.41) is 1.09. The molecule has 29 heavy (non-hydrogen) atoms. The first-order valence-electron chi connectivity index (χ1n) is 10.0. The van der Waals surface area contributed by atoms with E-state index in [2.05, 4.69) is 36.0 Å². The fourth-order valence-electron chi connectivity index (χ4n) is 4.36.